The first-order valence-electron chi connectivity index (χ1n) is 9.80. The minimum absolute atomic E-state index is 1.05. The molecule has 0 unspecified atom stereocenters. The van der Waals surface area contributed by atoms with Gasteiger partial charge in [0.15, 0.2) is 0 Å². The first-order valence-corrected chi connectivity index (χ1v) is 10.8. The van der Waals surface area contributed by atoms with Crippen LogP contribution in [0.25, 0.3) is 22.2 Å². The van der Waals surface area contributed by atoms with Gasteiger partial charge in [-0.3, -0.25) is 0 Å². The SMILES string of the molecule is CCCCN(C)CCn1c2c(c3ccccc31)CCSc1ccccc1-2. The molecule has 0 amide bonds. The van der Waals surface area contributed by atoms with Crippen LogP contribution in [0.2, 0.25) is 0 Å². The third-order valence-corrected chi connectivity index (χ3v) is 6.50. The molecule has 2 heterocycles. The number of nitrogens with zero attached hydrogens (tertiary/aromatic N) is 2. The van der Waals surface area contributed by atoms with Crippen LogP contribution >= 0.6 is 11.8 Å². The Balaban J connectivity index is 1.79. The summed E-state index contributed by atoms with van der Waals surface area (Å²) in [5, 5.41) is 1.44. The molecule has 26 heavy (non-hydrogen) atoms. The van der Waals surface area contributed by atoms with Crippen molar-refractivity contribution in [3.63, 3.8) is 0 Å². The van der Waals surface area contributed by atoms with Crippen LogP contribution in [0.3, 0.4) is 0 Å². The lowest BCUT2D eigenvalue weighted by Gasteiger charge is -2.19. The zero-order valence-electron chi connectivity index (χ0n) is 15.9. The molecule has 0 bridgehead atoms. The van der Waals surface area contributed by atoms with E-state index in [0.29, 0.717) is 0 Å². The summed E-state index contributed by atoms with van der Waals surface area (Å²) >= 11 is 2.00. The lowest BCUT2D eigenvalue weighted by molar-refractivity contribution is 0.315. The van der Waals surface area contributed by atoms with Gasteiger partial charge >= 0.3 is 0 Å². The number of hydrogen-bond acceptors (Lipinski definition) is 2. The third-order valence-electron chi connectivity index (χ3n) is 5.43. The van der Waals surface area contributed by atoms with Gasteiger partial charge in [-0.15, -0.1) is 11.8 Å². The highest BCUT2D eigenvalue weighted by Crippen LogP contribution is 2.42. The van der Waals surface area contributed by atoms with Gasteiger partial charge in [0.2, 0.25) is 0 Å². The number of likely N-dealkylation sites (N-methyl/N-ethyl adjacent to an activating group) is 1. The molecule has 0 atom stereocenters. The van der Waals surface area contributed by atoms with Crippen molar-refractivity contribution in [2.24, 2.45) is 0 Å². The number of benzene rings is 2. The third kappa shape index (κ3) is 3.30. The minimum Gasteiger partial charge on any atom is -0.339 e. The predicted molar refractivity (Wildman–Crippen MR) is 114 cm³/mol. The molecule has 0 saturated heterocycles. The summed E-state index contributed by atoms with van der Waals surface area (Å²) in [6.45, 7) is 5.60. The molecular weight excluding hydrogens is 336 g/mol. The van der Waals surface area contributed by atoms with E-state index in [9.17, 15) is 0 Å². The molecule has 2 nitrogen and oxygen atoms in total. The van der Waals surface area contributed by atoms with Gasteiger partial charge in [0.25, 0.3) is 0 Å². The molecule has 1 aromatic heterocycles. The largest absolute Gasteiger partial charge is 0.339 e. The molecule has 0 N–H and O–H groups in total. The fourth-order valence-electron chi connectivity index (χ4n) is 4.03. The lowest BCUT2D eigenvalue weighted by atomic mass is 10.0. The number of fused-ring (bicyclic) bond motifs is 5. The molecule has 1 aliphatic heterocycles. The van der Waals surface area contributed by atoms with Crippen LogP contribution in [-0.4, -0.2) is 35.4 Å². The summed E-state index contributed by atoms with van der Waals surface area (Å²) in [6.07, 6.45) is 3.69. The standard InChI is InChI=1S/C23H28N2S/c1-3-4-14-24(2)15-16-25-21-11-7-5-9-18(21)19-13-17-26-22-12-8-6-10-20(22)23(19)25/h5-12H,3-4,13-17H2,1-2H3. The number of thioether (sulfide) groups is 1. The van der Waals surface area contributed by atoms with Crippen LogP contribution in [0.4, 0.5) is 0 Å². The van der Waals surface area contributed by atoms with Crippen molar-refractivity contribution in [2.45, 2.75) is 37.6 Å². The molecule has 0 aliphatic carbocycles. The Hall–Kier alpha value is -1.71. The maximum absolute atomic E-state index is 2.58. The van der Waals surface area contributed by atoms with E-state index < -0.39 is 0 Å². The van der Waals surface area contributed by atoms with E-state index in [1.54, 1.807) is 0 Å². The Morgan fingerprint density at radius 2 is 1.85 bits per heavy atom. The number of hydrogen-bond donors (Lipinski definition) is 0. The number of aromatic nitrogens is 1. The maximum atomic E-state index is 2.58. The minimum atomic E-state index is 1.05. The van der Waals surface area contributed by atoms with Crippen LogP contribution in [0, 0.1) is 0 Å². The first kappa shape index (κ1) is 17.7. The van der Waals surface area contributed by atoms with Crippen molar-refractivity contribution in [3.8, 4) is 11.3 Å². The van der Waals surface area contributed by atoms with Gasteiger partial charge in [-0.25, -0.2) is 0 Å². The zero-order chi connectivity index (χ0) is 17.9. The molecule has 0 fully saturated rings. The van der Waals surface area contributed by atoms with Gasteiger partial charge in [-0.05, 0) is 44.1 Å². The monoisotopic (exact) mass is 364 g/mol. The molecule has 136 valence electrons. The van der Waals surface area contributed by atoms with E-state index in [0.717, 1.165) is 25.3 Å². The van der Waals surface area contributed by atoms with Gasteiger partial charge in [0.1, 0.15) is 0 Å². The summed E-state index contributed by atoms with van der Waals surface area (Å²) in [5.41, 5.74) is 5.80. The van der Waals surface area contributed by atoms with E-state index in [4.69, 9.17) is 0 Å². The molecule has 0 spiro atoms. The van der Waals surface area contributed by atoms with Crippen molar-refractivity contribution < 1.29 is 0 Å². The van der Waals surface area contributed by atoms with Crippen molar-refractivity contribution in [1.82, 2.24) is 9.47 Å². The normalized spacial score (nSPS) is 13.7. The summed E-state index contributed by atoms with van der Waals surface area (Å²) in [4.78, 5) is 3.90. The van der Waals surface area contributed by atoms with E-state index in [2.05, 4.69) is 72.0 Å². The quantitative estimate of drug-likeness (QED) is 0.555. The summed E-state index contributed by atoms with van der Waals surface area (Å²) in [5.74, 6) is 1.16. The van der Waals surface area contributed by atoms with E-state index >= 15 is 0 Å². The van der Waals surface area contributed by atoms with Gasteiger partial charge < -0.3 is 9.47 Å². The van der Waals surface area contributed by atoms with Crippen molar-refractivity contribution in [2.75, 3.05) is 25.9 Å². The highest BCUT2D eigenvalue weighted by molar-refractivity contribution is 7.99. The van der Waals surface area contributed by atoms with Crippen molar-refractivity contribution >= 4 is 22.7 Å². The van der Waals surface area contributed by atoms with Crippen LogP contribution in [0.15, 0.2) is 53.4 Å². The molecule has 3 aromatic rings. The second-order valence-electron chi connectivity index (χ2n) is 7.25. The summed E-state index contributed by atoms with van der Waals surface area (Å²) in [6, 6.07) is 17.9. The molecule has 3 heteroatoms. The maximum Gasteiger partial charge on any atom is 0.0535 e. The topological polar surface area (TPSA) is 8.17 Å². The molecule has 0 saturated carbocycles. The molecular formula is C23H28N2S. The van der Waals surface area contributed by atoms with E-state index in [-0.39, 0.29) is 0 Å². The number of aryl methyl sites for hydroxylation is 1. The average Bonchev–Trinajstić information content (AvgIpc) is 2.85. The smallest absolute Gasteiger partial charge is 0.0535 e. The molecule has 2 aromatic carbocycles. The van der Waals surface area contributed by atoms with Crippen LogP contribution in [-0.2, 0) is 13.0 Å². The Labute approximate surface area is 161 Å². The Morgan fingerprint density at radius 3 is 2.73 bits per heavy atom. The Morgan fingerprint density at radius 1 is 1.04 bits per heavy atom. The number of para-hydroxylation sites is 1. The summed E-state index contributed by atoms with van der Waals surface area (Å²) in [7, 11) is 2.25. The Bertz CT molecular complexity index is 896. The van der Waals surface area contributed by atoms with Crippen molar-refractivity contribution in [3.05, 3.63) is 54.1 Å². The molecule has 4 rings (SSSR count). The number of unbranched alkanes of at least 4 members (excludes halogenated alkanes) is 1. The summed E-state index contributed by atoms with van der Waals surface area (Å²) < 4.78 is 2.58. The molecule has 1 aliphatic rings. The molecule has 0 radical (unpaired) electrons. The van der Waals surface area contributed by atoms with Gasteiger partial charge in [0, 0.05) is 40.2 Å². The van der Waals surface area contributed by atoms with Crippen LogP contribution in [0.5, 0.6) is 0 Å². The highest BCUT2D eigenvalue weighted by Gasteiger charge is 2.22. The van der Waals surface area contributed by atoms with Crippen molar-refractivity contribution in [1.29, 1.82) is 0 Å². The fourth-order valence-corrected chi connectivity index (χ4v) is 5.05. The number of rotatable bonds is 6. The predicted octanol–water partition coefficient (Wildman–Crippen LogP) is 5.69. The second-order valence-corrected chi connectivity index (χ2v) is 8.38. The zero-order valence-corrected chi connectivity index (χ0v) is 16.7. The highest BCUT2D eigenvalue weighted by atomic mass is 32.2. The fraction of sp³-hybridized carbons (Fsp3) is 0.391. The van der Waals surface area contributed by atoms with E-state index in [1.165, 1.54) is 52.0 Å². The average molecular weight is 365 g/mol. The van der Waals surface area contributed by atoms with Gasteiger partial charge in [-0.2, -0.15) is 0 Å². The first-order chi connectivity index (χ1) is 12.8. The van der Waals surface area contributed by atoms with Crippen LogP contribution in [0.1, 0.15) is 25.3 Å². The van der Waals surface area contributed by atoms with Gasteiger partial charge in [0.05, 0.1) is 5.69 Å². The lowest BCUT2D eigenvalue weighted by Crippen LogP contribution is -2.24. The Kier molecular flexibility index (Phi) is 5.37. The van der Waals surface area contributed by atoms with E-state index in [1.807, 2.05) is 11.8 Å². The van der Waals surface area contributed by atoms with Crippen LogP contribution < -0.4 is 0 Å². The van der Waals surface area contributed by atoms with Gasteiger partial charge in [-0.1, -0.05) is 49.7 Å². The second kappa shape index (κ2) is 7.89.